The Morgan fingerprint density at radius 1 is 0.893 bits per heavy atom. The summed E-state index contributed by atoms with van der Waals surface area (Å²) >= 11 is 0. The minimum atomic E-state index is -4.70. The number of para-hydroxylation sites is 1. The molecule has 0 fully saturated rings. The minimum absolute atomic E-state index is 0. The molecule has 0 atom stereocenters. The van der Waals surface area contributed by atoms with Crippen LogP contribution >= 0.6 is 0 Å². The van der Waals surface area contributed by atoms with E-state index < -0.39 is 10.4 Å². The van der Waals surface area contributed by atoms with Crippen LogP contribution in [0.1, 0.15) is 71.3 Å². The Bertz CT molecular complexity index is 547. The molecule has 7 heteroatoms. The van der Waals surface area contributed by atoms with Crippen molar-refractivity contribution in [3.63, 3.8) is 0 Å². The van der Waals surface area contributed by atoms with Crippen molar-refractivity contribution in [2.45, 2.75) is 72.1 Å². The van der Waals surface area contributed by atoms with Crippen LogP contribution in [0.25, 0.3) is 0 Å². The Labute approximate surface area is 195 Å². The average Bonchev–Trinajstić information content (AvgIpc) is 2.64. The van der Waals surface area contributed by atoms with E-state index in [4.69, 9.17) is 4.74 Å². The number of ether oxygens (including phenoxy) is 1. The van der Waals surface area contributed by atoms with Crippen LogP contribution in [0.15, 0.2) is 37.4 Å². The van der Waals surface area contributed by atoms with E-state index >= 15 is 0 Å². The molecule has 0 aromatic heterocycles. The van der Waals surface area contributed by atoms with Crippen molar-refractivity contribution in [2.24, 2.45) is 0 Å². The zero-order valence-electron chi connectivity index (χ0n) is 18.2. The number of benzene rings is 1. The van der Waals surface area contributed by atoms with Crippen molar-refractivity contribution in [3.8, 4) is 5.75 Å². The summed E-state index contributed by atoms with van der Waals surface area (Å²) in [7, 11) is -4.70. The molecular formula is C21H37NaO5S. The topological polar surface area (TPSA) is 75.7 Å². The summed E-state index contributed by atoms with van der Waals surface area (Å²) in [6, 6.07) is 6.80. The van der Waals surface area contributed by atoms with Gasteiger partial charge in [0, 0.05) is 13.2 Å². The summed E-state index contributed by atoms with van der Waals surface area (Å²) in [6.07, 6.45) is 9.09. The van der Waals surface area contributed by atoms with E-state index in [-0.39, 0.29) is 35.3 Å². The molecule has 0 amide bonds. The maximum absolute atomic E-state index is 10.7. The molecule has 1 rings (SSSR count). The summed E-state index contributed by atoms with van der Waals surface area (Å²) in [5, 5.41) is 0. The van der Waals surface area contributed by atoms with Gasteiger partial charge in [0.15, 0.2) is 0 Å². The molecule has 0 unspecified atom stereocenters. The van der Waals surface area contributed by atoms with Crippen molar-refractivity contribution in [1.82, 2.24) is 0 Å². The monoisotopic (exact) mass is 424 g/mol. The Morgan fingerprint density at radius 3 is 1.86 bits per heavy atom. The van der Waals surface area contributed by atoms with E-state index in [0.717, 1.165) is 38.0 Å². The number of rotatable bonds is 12. The molecule has 0 N–H and O–H groups in total. The van der Waals surface area contributed by atoms with Crippen LogP contribution in [0.4, 0.5) is 0 Å². The van der Waals surface area contributed by atoms with Gasteiger partial charge in [-0.2, -0.15) is 0 Å². The molecular weight excluding hydrogens is 387 g/mol. The van der Waals surface area contributed by atoms with Crippen molar-refractivity contribution in [1.29, 1.82) is 0 Å². The quantitative estimate of drug-likeness (QED) is 0.170. The smallest absolute Gasteiger partial charge is 0.716 e. The summed E-state index contributed by atoms with van der Waals surface area (Å²) < 4.78 is 41.2. The molecule has 0 bridgehead atoms. The first-order valence-corrected chi connectivity index (χ1v) is 11.1. The minimum Gasteiger partial charge on any atom is -0.716 e. The fourth-order valence-corrected chi connectivity index (χ4v) is 2.76. The van der Waals surface area contributed by atoms with Gasteiger partial charge in [0.1, 0.15) is 5.75 Å². The van der Waals surface area contributed by atoms with Gasteiger partial charge in [0.25, 0.3) is 10.4 Å². The Balaban J connectivity index is -0.000000678. The average molecular weight is 425 g/mol. The van der Waals surface area contributed by atoms with Crippen LogP contribution in [-0.4, -0.2) is 26.2 Å². The molecule has 158 valence electrons. The Hall–Kier alpha value is -0.370. The van der Waals surface area contributed by atoms with E-state index in [1.54, 1.807) is 12.1 Å². The molecule has 1 aromatic carbocycles. The van der Waals surface area contributed by atoms with E-state index in [0.29, 0.717) is 0 Å². The van der Waals surface area contributed by atoms with E-state index in [2.05, 4.69) is 24.3 Å². The third-order valence-electron chi connectivity index (χ3n) is 3.62. The van der Waals surface area contributed by atoms with Gasteiger partial charge in [-0.05, 0) is 38.3 Å². The van der Waals surface area contributed by atoms with Crippen molar-refractivity contribution >= 4 is 10.4 Å². The third kappa shape index (κ3) is 21.9. The zero-order chi connectivity index (χ0) is 21.0. The van der Waals surface area contributed by atoms with Crippen molar-refractivity contribution in [3.05, 3.63) is 43.0 Å². The normalized spacial score (nSPS) is 9.86. The molecule has 0 spiro atoms. The van der Waals surface area contributed by atoms with Gasteiger partial charge in [0.2, 0.25) is 0 Å². The Morgan fingerprint density at radius 2 is 1.39 bits per heavy atom. The first-order chi connectivity index (χ1) is 12.9. The fourth-order valence-electron chi connectivity index (χ4n) is 2.38. The van der Waals surface area contributed by atoms with Gasteiger partial charge in [0.05, 0.1) is 0 Å². The predicted octanol–water partition coefficient (Wildman–Crippen LogP) is 2.67. The predicted molar refractivity (Wildman–Crippen MR) is 112 cm³/mol. The third-order valence-corrected chi connectivity index (χ3v) is 4.01. The molecule has 0 saturated carbocycles. The Kier molecular flexibility index (Phi) is 26.4. The number of hydrogen-bond donors (Lipinski definition) is 0. The van der Waals surface area contributed by atoms with Gasteiger partial charge < -0.3 is 13.5 Å². The van der Waals surface area contributed by atoms with Crippen LogP contribution in [-0.2, 0) is 21.6 Å². The second kappa shape index (κ2) is 22.9. The van der Waals surface area contributed by atoms with Crippen LogP contribution in [0.2, 0.25) is 0 Å². The van der Waals surface area contributed by atoms with Crippen LogP contribution in [0, 0.1) is 0 Å². The van der Waals surface area contributed by atoms with E-state index in [1.807, 2.05) is 19.9 Å². The zero-order valence-corrected chi connectivity index (χ0v) is 21.1. The SMILES string of the molecule is C=C.CCCCCCCCCc1ccccc1OS(=O)(=O)[O-].CCOCC.[Na+]. The summed E-state index contributed by atoms with van der Waals surface area (Å²) in [5.41, 5.74) is 0.778. The standard InChI is InChI=1S/C15H24O4S.C4H10O.C2H4.Na/c1-2-3-4-5-6-7-8-11-14-12-9-10-13-15(14)19-20(16,17)18;1-3-5-4-2;1-2;/h9-10,12-13H,2-8,11H2,1H3,(H,16,17,18);3-4H2,1-2H3;1-2H2;/q;;;+1/p-1. The molecule has 0 heterocycles. The second-order valence-electron chi connectivity index (χ2n) is 5.75. The van der Waals surface area contributed by atoms with Crippen molar-refractivity contribution in [2.75, 3.05) is 13.2 Å². The summed E-state index contributed by atoms with van der Waals surface area (Å²) in [6.45, 7) is 13.9. The first kappa shape index (κ1) is 32.3. The summed E-state index contributed by atoms with van der Waals surface area (Å²) in [5.74, 6) is 0.161. The van der Waals surface area contributed by atoms with Gasteiger partial charge in [-0.1, -0.05) is 63.6 Å². The molecule has 5 nitrogen and oxygen atoms in total. The number of aryl methyl sites for hydroxylation is 1. The van der Waals surface area contributed by atoms with E-state index in [1.165, 1.54) is 38.2 Å². The van der Waals surface area contributed by atoms with Gasteiger partial charge in [-0.15, -0.1) is 13.2 Å². The summed E-state index contributed by atoms with van der Waals surface area (Å²) in [4.78, 5) is 0. The molecule has 0 aliphatic heterocycles. The van der Waals surface area contributed by atoms with Gasteiger partial charge in [-0.25, -0.2) is 8.42 Å². The van der Waals surface area contributed by atoms with Gasteiger partial charge >= 0.3 is 29.6 Å². The molecule has 28 heavy (non-hydrogen) atoms. The fraction of sp³-hybridized carbons (Fsp3) is 0.619. The van der Waals surface area contributed by atoms with Crippen LogP contribution in [0.5, 0.6) is 5.75 Å². The maximum Gasteiger partial charge on any atom is 1.00 e. The maximum atomic E-state index is 10.7. The molecule has 0 aliphatic carbocycles. The number of hydrogen-bond acceptors (Lipinski definition) is 5. The molecule has 1 aromatic rings. The number of unbranched alkanes of at least 4 members (excludes halogenated alkanes) is 6. The van der Waals surface area contributed by atoms with Gasteiger partial charge in [-0.3, -0.25) is 0 Å². The molecule has 0 aliphatic rings. The largest absolute Gasteiger partial charge is 1.00 e. The van der Waals surface area contributed by atoms with Crippen molar-refractivity contribution < 1.29 is 51.4 Å². The second-order valence-corrected chi connectivity index (χ2v) is 6.74. The molecule has 0 radical (unpaired) electrons. The molecule has 0 saturated heterocycles. The van der Waals surface area contributed by atoms with Crippen LogP contribution < -0.4 is 33.7 Å². The van der Waals surface area contributed by atoms with Crippen LogP contribution in [0.3, 0.4) is 0 Å². The van der Waals surface area contributed by atoms with E-state index in [9.17, 15) is 13.0 Å². The first-order valence-electron chi connectivity index (χ1n) is 9.75.